The molecule has 0 aromatic heterocycles. The van der Waals surface area contributed by atoms with Gasteiger partial charge in [0, 0.05) is 17.1 Å². The Morgan fingerprint density at radius 2 is 2.00 bits per heavy atom. The average molecular weight is 367 g/mol. The van der Waals surface area contributed by atoms with Gasteiger partial charge in [0.1, 0.15) is 0 Å². The molecule has 2 rings (SSSR count). The van der Waals surface area contributed by atoms with Crippen LogP contribution in [0.15, 0.2) is 59.7 Å². The molecule has 1 aromatic rings. The van der Waals surface area contributed by atoms with Crippen molar-refractivity contribution in [1.82, 2.24) is 0 Å². The number of hydrogen-bond acceptors (Lipinski definition) is 1. The highest BCUT2D eigenvalue weighted by Gasteiger charge is 2.16. The lowest BCUT2D eigenvalue weighted by molar-refractivity contribution is 0.103. The van der Waals surface area contributed by atoms with E-state index in [1.165, 1.54) is 24.0 Å². The zero-order valence-electron chi connectivity index (χ0n) is 18.2. The predicted octanol–water partition coefficient (Wildman–Crippen LogP) is 8.05. The molecule has 0 radical (unpaired) electrons. The molecule has 0 saturated carbocycles. The first-order valence-electron chi connectivity index (χ1n) is 10.8. The van der Waals surface area contributed by atoms with Gasteiger partial charge in [-0.05, 0) is 43.2 Å². The van der Waals surface area contributed by atoms with Crippen LogP contribution in [0.4, 0.5) is 0 Å². The number of unbranched alkanes of at least 4 members (excludes halogenated alkanes) is 1. The van der Waals surface area contributed by atoms with Crippen LogP contribution in [0.3, 0.4) is 0 Å². The van der Waals surface area contributed by atoms with Crippen LogP contribution in [-0.2, 0) is 0 Å². The van der Waals surface area contributed by atoms with Crippen molar-refractivity contribution in [3.63, 3.8) is 0 Å². The number of carbonyl (C=O) groups excluding carboxylic acids is 1. The summed E-state index contributed by atoms with van der Waals surface area (Å²) >= 11 is 0. The van der Waals surface area contributed by atoms with Crippen LogP contribution in [0.2, 0.25) is 0 Å². The van der Waals surface area contributed by atoms with Gasteiger partial charge in [-0.25, -0.2) is 0 Å². The molecule has 0 fully saturated rings. The molecule has 1 aliphatic carbocycles. The van der Waals surface area contributed by atoms with E-state index >= 15 is 0 Å². The molecule has 2 unspecified atom stereocenters. The Morgan fingerprint density at radius 1 is 1.26 bits per heavy atom. The topological polar surface area (TPSA) is 17.1 Å². The molecule has 1 heteroatoms. The highest BCUT2D eigenvalue weighted by atomic mass is 16.1. The van der Waals surface area contributed by atoms with Gasteiger partial charge in [0.15, 0.2) is 5.78 Å². The highest BCUT2D eigenvalue weighted by molar-refractivity contribution is 6.10. The van der Waals surface area contributed by atoms with E-state index in [-0.39, 0.29) is 5.78 Å². The SMILES string of the molecule is CC.CC/C=C(\CCCC)C(C)c1cccc(C(=O)C2=CCC(C)C=C2)c1. The van der Waals surface area contributed by atoms with Crippen molar-refractivity contribution in [2.75, 3.05) is 0 Å². The van der Waals surface area contributed by atoms with Crippen molar-refractivity contribution in [2.24, 2.45) is 5.92 Å². The molecule has 2 atom stereocenters. The van der Waals surface area contributed by atoms with Crippen molar-refractivity contribution in [1.29, 1.82) is 0 Å². The minimum Gasteiger partial charge on any atom is -0.289 e. The summed E-state index contributed by atoms with van der Waals surface area (Å²) in [5.41, 5.74) is 4.38. The lowest BCUT2D eigenvalue weighted by Crippen LogP contribution is -2.07. The van der Waals surface area contributed by atoms with Crippen molar-refractivity contribution in [2.45, 2.75) is 79.6 Å². The molecule has 1 aromatic carbocycles. The van der Waals surface area contributed by atoms with Crippen LogP contribution in [0.5, 0.6) is 0 Å². The average Bonchev–Trinajstić information content (AvgIpc) is 2.72. The van der Waals surface area contributed by atoms with Gasteiger partial charge in [-0.2, -0.15) is 0 Å². The Bertz CT molecular complexity index is 675. The summed E-state index contributed by atoms with van der Waals surface area (Å²) in [7, 11) is 0. The summed E-state index contributed by atoms with van der Waals surface area (Å²) in [4.78, 5) is 12.8. The zero-order valence-corrected chi connectivity index (χ0v) is 18.2. The van der Waals surface area contributed by atoms with Gasteiger partial charge in [-0.1, -0.05) is 96.0 Å². The van der Waals surface area contributed by atoms with Crippen molar-refractivity contribution < 1.29 is 4.79 Å². The van der Waals surface area contributed by atoms with Crippen molar-refractivity contribution in [3.8, 4) is 0 Å². The minimum atomic E-state index is 0.145. The molecule has 148 valence electrons. The van der Waals surface area contributed by atoms with Gasteiger partial charge >= 0.3 is 0 Å². The maximum absolute atomic E-state index is 12.8. The van der Waals surface area contributed by atoms with Crippen LogP contribution in [0.1, 0.15) is 95.5 Å². The minimum absolute atomic E-state index is 0.145. The number of allylic oxidation sites excluding steroid dienone is 6. The first kappa shape index (κ1) is 23.1. The van der Waals surface area contributed by atoms with E-state index in [2.05, 4.69) is 58.1 Å². The first-order valence-corrected chi connectivity index (χ1v) is 10.8. The third-order valence-corrected chi connectivity index (χ3v) is 5.07. The summed E-state index contributed by atoms with van der Waals surface area (Å²) in [6, 6.07) is 8.22. The van der Waals surface area contributed by atoms with Gasteiger partial charge < -0.3 is 0 Å². The molecule has 0 amide bonds. The van der Waals surface area contributed by atoms with E-state index in [1.54, 1.807) is 0 Å². The Morgan fingerprint density at radius 3 is 2.59 bits per heavy atom. The zero-order chi connectivity index (χ0) is 20.2. The van der Waals surface area contributed by atoms with Crippen LogP contribution >= 0.6 is 0 Å². The molecule has 0 N–H and O–H groups in total. The van der Waals surface area contributed by atoms with Crippen LogP contribution < -0.4 is 0 Å². The maximum Gasteiger partial charge on any atom is 0.192 e. The summed E-state index contributed by atoms with van der Waals surface area (Å²) < 4.78 is 0. The summed E-state index contributed by atoms with van der Waals surface area (Å²) in [5.74, 6) is 1.05. The normalized spacial score (nSPS) is 17.6. The largest absolute Gasteiger partial charge is 0.289 e. The number of benzene rings is 1. The molecular formula is C26H38O. The molecule has 1 nitrogen and oxygen atoms in total. The fourth-order valence-electron chi connectivity index (χ4n) is 3.36. The fraction of sp³-hybridized carbons (Fsp3) is 0.500. The van der Waals surface area contributed by atoms with Gasteiger partial charge in [-0.3, -0.25) is 4.79 Å². The summed E-state index contributed by atoms with van der Waals surface area (Å²) in [6.07, 6.45) is 14.2. The second-order valence-electron chi connectivity index (χ2n) is 7.20. The van der Waals surface area contributed by atoms with E-state index in [0.29, 0.717) is 11.8 Å². The molecular weight excluding hydrogens is 328 g/mol. The lowest BCUT2D eigenvalue weighted by atomic mass is 9.87. The first-order chi connectivity index (χ1) is 13.1. The third kappa shape index (κ3) is 6.97. The smallest absolute Gasteiger partial charge is 0.192 e. The second kappa shape index (κ2) is 12.5. The van der Waals surface area contributed by atoms with Gasteiger partial charge in [0.2, 0.25) is 0 Å². The number of Topliss-reactive ketones (excluding diaryl/α,β-unsaturated/α-hetero) is 1. The molecule has 0 spiro atoms. The Kier molecular flexibility index (Phi) is 10.7. The highest BCUT2D eigenvalue weighted by Crippen LogP contribution is 2.29. The van der Waals surface area contributed by atoms with E-state index in [4.69, 9.17) is 0 Å². The number of carbonyl (C=O) groups is 1. The fourth-order valence-corrected chi connectivity index (χ4v) is 3.36. The van der Waals surface area contributed by atoms with E-state index in [1.807, 2.05) is 32.1 Å². The van der Waals surface area contributed by atoms with E-state index in [0.717, 1.165) is 30.4 Å². The Labute approximate surface area is 167 Å². The van der Waals surface area contributed by atoms with Crippen LogP contribution in [-0.4, -0.2) is 5.78 Å². The van der Waals surface area contributed by atoms with Gasteiger partial charge in [0.25, 0.3) is 0 Å². The molecule has 0 bridgehead atoms. The van der Waals surface area contributed by atoms with Crippen molar-refractivity contribution >= 4 is 5.78 Å². The summed E-state index contributed by atoms with van der Waals surface area (Å²) in [6.45, 7) is 12.9. The Balaban J connectivity index is 0.00000176. The number of rotatable bonds is 8. The maximum atomic E-state index is 12.8. The molecule has 0 heterocycles. The van der Waals surface area contributed by atoms with Crippen molar-refractivity contribution in [3.05, 3.63) is 70.8 Å². The Hall–Kier alpha value is -1.89. The van der Waals surface area contributed by atoms with Crippen LogP contribution in [0.25, 0.3) is 0 Å². The molecule has 27 heavy (non-hydrogen) atoms. The number of ketones is 1. The number of hydrogen-bond donors (Lipinski definition) is 0. The van der Waals surface area contributed by atoms with E-state index in [9.17, 15) is 4.79 Å². The van der Waals surface area contributed by atoms with Gasteiger partial charge in [-0.15, -0.1) is 0 Å². The second-order valence-corrected chi connectivity index (χ2v) is 7.20. The predicted molar refractivity (Wildman–Crippen MR) is 119 cm³/mol. The standard InChI is InChI=1S/C24H32O.C2H6/c1-5-7-10-20(9-6-2)19(4)22-11-8-12-23(17-22)24(25)21-15-13-18(3)14-16-21;1-2/h8-9,11-13,15-19H,5-7,10,14H2,1-4H3;1-2H3/b20-9+;. The monoisotopic (exact) mass is 366 g/mol. The molecule has 0 saturated heterocycles. The van der Waals surface area contributed by atoms with E-state index < -0.39 is 0 Å². The lowest BCUT2D eigenvalue weighted by Gasteiger charge is -2.18. The summed E-state index contributed by atoms with van der Waals surface area (Å²) in [5, 5.41) is 0. The van der Waals surface area contributed by atoms with Gasteiger partial charge in [0.05, 0.1) is 0 Å². The molecule has 1 aliphatic rings. The molecule has 0 aliphatic heterocycles. The quantitative estimate of drug-likeness (QED) is 0.336. The van der Waals surface area contributed by atoms with Crippen LogP contribution in [0, 0.1) is 5.92 Å². The third-order valence-electron chi connectivity index (χ3n) is 5.07.